The molecule has 3 heterocycles. The molecule has 2 aliphatic heterocycles. The molecule has 0 bridgehead atoms. The first-order chi connectivity index (χ1) is 10.2. The van der Waals surface area contributed by atoms with Crippen LogP contribution in [0, 0.1) is 5.92 Å². The topological polar surface area (TPSA) is 53.3 Å². The van der Waals surface area contributed by atoms with Gasteiger partial charge in [-0.25, -0.2) is 0 Å². The molecule has 2 saturated heterocycles. The van der Waals surface area contributed by atoms with Gasteiger partial charge in [0.1, 0.15) is 0 Å². The Kier molecular flexibility index (Phi) is 4.93. The predicted molar refractivity (Wildman–Crippen MR) is 83.0 cm³/mol. The normalized spacial score (nSPS) is 26.3. The van der Waals surface area contributed by atoms with Gasteiger partial charge in [0, 0.05) is 31.4 Å². The molecule has 21 heavy (non-hydrogen) atoms. The Bertz CT molecular complexity index is 441. The number of aryl methyl sites for hydroxylation is 1. The van der Waals surface area contributed by atoms with Crippen LogP contribution in [-0.4, -0.2) is 52.0 Å². The highest BCUT2D eigenvalue weighted by atomic mass is 16.3. The van der Waals surface area contributed by atoms with Crippen LogP contribution in [0.1, 0.15) is 43.8 Å². The van der Waals surface area contributed by atoms with E-state index >= 15 is 0 Å². The standard InChI is InChI=1S/C16H28N4O/c1-19-12-14(10-18-19)16(21)9-15-3-2-8-20(15)11-13-4-6-17-7-5-13/h10,12-13,15-17,21H,2-9,11H2,1H3. The number of rotatable bonds is 5. The first kappa shape index (κ1) is 15.0. The fourth-order valence-electron chi connectivity index (χ4n) is 3.80. The van der Waals surface area contributed by atoms with Gasteiger partial charge in [0.05, 0.1) is 12.3 Å². The van der Waals surface area contributed by atoms with Gasteiger partial charge >= 0.3 is 0 Å². The largest absolute Gasteiger partial charge is 0.388 e. The van der Waals surface area contributed by atoms with E-state index in [9.17, 15) is 5.11 Å². The second-order valence-electron chi connectivity index (χ2n) is 6.68. The van der Waals surface area contributed by atoms with Crippen LogP contribution in [0.5, 0.6) is 0 Å². The Labute approximate surface area is 127 Å². The molecule has 118 valence electrons. The van der Waals surface area contributed by atoms with Crippen molar-refractivity contribution in [3.8, 4) is 0 Å². The van der Waals surface area contributed by atoms with Crippen molar-refractivity contribution in [1.82, 2.24) is 20.0 Å². The maximum Gasteiger partial charge on any atom is 0.0835 e. The highest BCUT2D eigenvalue weighted by Crippen LogP contribution is 2.28. The summed E-state index contributed by atoms with van der Waals surface area (Å²) < 4.78 is 1.76. The van der Waals surface area contributed by atoms with Crippen LogP contribution >= 0.6 is 0 Å². The fourth-order valence-corrected chi connectivity index (χ4v) is 3.80. The van der Waals surface area contributed by atoms with Gasteiger partial charge in [-0.1, -0.05) is 0 Å². The summed E-state index contributed by atoms with van der Waals surface area (Å²) in [6.45, 7) is 4.75. The molecular formula is C16H28N4O. The highest BCUT2D eigenvalue weighted by Gasteiger charge is 2.29. The van der Waals surface area contributed by atoms with Gasteiger partial charge in [0.15, 0.2) is 0 Å². The summed E-state index contributed by atoms with van der Waals surface area (Å²) in [4.78, 5) is 2.62. The van der Waals surface area contributed by atoms with E-state index in [4.69, 9.17) is 0 Å². The Morgan fingerprint density at radius 1 is 1.38 bits per heavy atom. The van der Waals surface area contributed by atoms with Gasteiger partial charge in [0.25, 0.3) is 0 Å². The number of piperidine rings is 1. The third-order valence-electron chi connectivity index (χ3n) is 5.06. The first-order valence-corrected chi connectivity index (χ1v) is 8.34. The van der Waals surface area contributed by atoms with E-state index in [0.717, 1.165) is 17.9 Å². The van der Waals surface area contributed by atoms with Crippen LogP contribution in [0.3, 0.4) is 0 Å². The maximum absolute atomic E-state index is 10.4. The Hall–Kier alpha value is -0.910. The molecule has 2 N–H and O–H groups in total. The number of nitrogens with zero attached hydrogens (tertiary/aromatic N) is 3. The molecule has 1 aromatic rings. The SMILES string of the molecule is Cn1cc(C(O)CC2CCCN2CC2CCNCC2)cn1. The summed E-state index contributed by atoms with van der Waals surface area (Å²) in [5.41, 5.74) is 0.950. The molecule has 0 aromatic carbocycles. The molecule has 0 amide bonds. The number of aliphatic hydroxyl groups is 1. The number of likely N-dealkylation sites (tertiary alicyclic amines) is 1. The average molecular weight is 292 g/mol. The molecule has 2 aliphatic rings. The molecule has 0 radical (unpaired) electrons. The number of aliphatic hydroxyl groups excluding tert-OH is 1. The van der Waals surface area contributed by atoms with Crippen molar-refractivity contribution in [2.75, 3.05) is 26.2 Å². The summed E-state index contributed by atoms with van der Waals surface area (Å²) in [5, 5.41) is 18.0. The maximum atomic E-state index is 10.4. The molecule has 2 atom stereocenters. The van der Waals surface area contributed by atoms with Gasteiger partial charge in [-0.2, -0.15) is 5.10 Å². The van der Waals surface area contributed by atoms with Crippen molar-refractivity contribution in [2.24, 2.45) is 13.0 Å². The van der Waals surface area contributed by atoms with Gasteiger partial charge in [0.2, 0.25) is 0 Å². The Balaban J connectivity index is 1.53. The Morgan fingerprint density at radius 2 is 2.19 bits per heavy atom. The molecule has 2 fully saturated rings. The zero-order chi connectivity index (χ0) is 14.7. The van der Waals surface area contributed by atoms with E-state index < -0.39 is 0 Å². The lowest BCUT2D eigenvalue weighted by Crippen LogP contribution is -2.39. The van der Waals surface area contributed by atoms with Gasteiger partial charge < -0.3 is 10.4 Å². The molecule has 3 rings (SSSR count). The average Bonchev–Trinajstić information content (AvgIpc) is 3.10. The monoisotopic (exact) mass is 292 g/mol. The molecule has 5 heteroatoms. The van der Waals surface area contributed by atoms with Gasteiger partial charge in [-0.05, 0) is 57.7 Å². The second-order valence-corrected chi connectivity index (χ2v) is 6.68. The number of hydrogen-bond acceptors (Lipinski definition) is 4. The summed E-state index contributed by atoms with van der Waals surface area (Å²) in [5.74, 6) is 0.836. The molecule has 5 nitrogen and oxygen atoms in total. The summed E-state index contributed by atoms with van der Waals surface area (Å²) >= 11 is 0. The van der Waals surface area contributed by atoms with Crippen molar-refractivity contribution >= 4 is 0 Å². The molecule has 0 aliphatic carbocycles. The highest BCUT2D eigenvalue weighted by molar-refractivity contribution is 5.08. The van der Waals surface area contributed by atoms with Crippen LogP contribution in [0.25, 0.3) is 0 Å². The minimum Gasteiger partial charge on any atom is -0.388 e. The van der Waals surface area contributed by atoms with Crippen LogP contribution in [0.15, 0.2) is 12.4 Å². The zero-order valence-corrected chi connectivity index (χ0v) is 13.0. The number of nitrogens with one attached hydrogen (secondary N) is 1. The molecule has 1 aromatic heterocycles. The molecule has 2 unspecified atom stereocenters. The number of aromatic nitrogens is 2. The van der Waals surface area contributed by atoms with Gasteiger partial charge in [-0.3, -0.25) is 9.58 Å². The van der Waals surface area contributed by atoms with E-state index in [1.54, 1.807) is 10.9 Å². The van der Waals surface area contributed by atoms with E-state index in [1.165, 1.54) is 51.9 Å². The van der Waals surface area contributed by atoms with Crippen molar-refractivity contribution < 1.29 is 5.11 Å². The summed E-state index contributed by atoms with van der Waals surface area (Å²) in [7, 11) is 1.90. The molecule has 0 spiro atoms. The predicted octanol–water partition coefficient (Wildman–Crippen LogP) is 1.31. The van der Waals surface area contributed by atoms with E-state index in [2.05, 4.69) is 15.3 Å². The first-order valence-electron chi connectivity index (χ1n) is 8.34. The lowest BCUT2D eigenvalue weighted by Gasteiger charge is -2.32. The van der Waals surface area contributed by atoms with Crippen LogP contribution in [0.4, 0.5) is 0 Å². The summed E-state index contributed by atoms with van der Waals surface area (Å²) in [6.07, 6.45) is 9.28. The van der Waals surface area contributed by atoms with Crippen LogP contribution in [0.2, 0.25) is 0 Å². The van der Waals surface area contributed by atoms with Crippen molar-refractivity contribution in [2.45, 2.75) is 44.2 Å². The van der Waals surface area contributed by atoms with Crippen LogP contribution in [-0.2, 0) is 7.05 Å². The Morgan fingerprint density at radius 3 is 2.90 bits per heavy atom. The van der Waals surface area contributed by atoms with E-state index in [0.29, 0.717) is 6.04 Å². The minimum absolute atomic E-state index is 0.377. The summed E-state index contributed by atoms with van der Waals surface area (Å²) in [6, 6.07) is 0.537. The quantitative estimate of drug-likeness (QED) is 0.859. The smallest absolute Gasteiger partial charge is 0.0835 e. The molecule has 0 saturated carbocycles. The number of hydrogen-bond donors (Lipinski definition) is 2. The third-order valence-corrected chi connectivity index (χ3v) is 5.06. The zero-order valence-electron chi connectivity index (χ0n) is 13.0. The van der Waals surface area contributed by atoms with Crippen molar-refractivity contribution in [3.63, 3.8) is 0 Å². The minimum atomic E-state index is -0.377. The second kappa shape index (κ2) is 6.90. The van der Waals surface area contributed by atoms with Gasteiger partial charge in [-0.15, -0.1) is 0 Å². The molecular weight excluding hydrogens is 264 g/mol. The van der Waals surface area contributed by atoms with Crippen molar-refractivity contribution in [3.05, 3.63) is 18.0 Å². The third kappa shape index (κ3) is 3.84. The fraction of sp³-hybridized carbons (Fsp3) is 0.812. The van der Waals surface area contributed by atoms with E-state index in [1.807, 2.05) is 13.2 Å². The lowest BCUT2D eigenvalue weighted by molar-refractivity contribution is 0.109. The van der Waals surface area contributed by atoms with Crippen molar-refractivity contribution in [1.29, 1.82) is 0 Å². The lowest BCUT2D eigenvalue weighted by atomic mass is 9.96. The van der Waals surface area contributed by atoms with Crippen LogP contribution < -0.4 is 5.32 Å². The van der Waals surface area contributed by atoms with E-state index in [-0.39, 0.29) is 6.10 Å².